The van der Waals surface area contributed by atoms with Crippen LogP contribution in [0.4, 0.5) is 5.69 Å². The summed E-state index contributed by atoms with van der Waals surface area (Å²) in [6.45, 7) is 1.73. The Kier molecular flexibility index (Phi) is 6.44. The van der Waals surface area contributed by atoms with Crippen molar-refractivity contribution in [1.82, 2.24) is 4.90 Å². The standard InChI is InChI=1S/C13H17N3O3S.ClH/c1-20-10-2-3-12(16(18)19)11(6-10)13(17)15-5-4-9(7-14)8-15;/h2-3,6,9H,4-5,7-8,14H2,1H3;1H. The van der Waals surface area contributed by atoms with Gasteiger partial charge in [-0.1, -0.05) is 0 Å². The van der Waals surface area contributed by atoms with Crippen LogP contribution in [0, 0.1) is 16.0 Å². The van der Waals surface area contributed by atoms with E-state index in [4.69, 9.17) is 5.73 Å². The number of carbonyl (C=O) groups is 1. The molecule has 0 bridgehead atoms. The molecule has 21 heavy (non-hydrogen) atoms. The number of nitrogens with zero attached hydrogens (tertiary/aromatic N) is 2. The molecule has 1 unspecified atom stereocenters. The Bertz CT molecular complexity index is 541. The molecular weight excluding hydrogens is 314 g/mol. The molecule has 1 heterocycles. The highest BCUT2D eigenvalue weighted by atomic mass is 35.5. The van der Waals surface area contributed by atoms with E-state index in [9.17, 15) is 14.9 Å². The van der Waals surface area contributed by atoms with E-state index in [0.717, 1.165) is 11.3 Å². The molecule has 1 aromatic rings. The molecule has 0 aromatic heterocycles. The number of thioether (sulfide) groups is 1. The molecule has 0 spiro atoms. The molecule has 2 N–H and O–H groups in total. The summed E-state index contributed by atoms with van der Waals surface area (Å²) in [5.41, 5.74) is 5.64. The van der Waals surface area contributed by atoms with Crippen LogP contribution in [0.2, 0.25) is 0 Å². The predicted molar refractivity (Wildman–Crippen MR) is 85.2 cm³/mol. The Labute approximate surface area is 133 Å². The maximum absolute atomic E-state index is 12.5. The Morgan fingerprint density at radius 2 is 2.29 bits per heavy atom. The van der Waals surface area contributed by atoms with Crippen LogP contribution in [-0.2, 0) is 0 Å². The van der Waals surface area contributed by atoms with Crippen molar-refractivity contribution in [2.45, 2.75) is 11.3 Å². The number of nitrogens with two attached hydrogens (primary N) is 1. The first kappa shape index (κ1) is 17.7. The van der Waals surface area contributed by atoms with Gasteiger partial charge in [0.05, 0.1) is 4.92 Å². The molecule has 0 aliphatic carbocycles. The third-order valence-corrected chi connectivity index (χ3v) is 4.26. The van der Waals surface area contributed by atoms with E-state index >= 15 is 0 Å². The van der Waals surface area contributed by atoms with Crippen LogP contribution in [0.25, 0.3) is 0 Å². The number of nitro benzene ring substituents is 1. The zero-order valence-electron chi connectivity index (χ0n) is 11.7. The molecule has 1 fully saturated rings. The van der Waals surface area contributed by atoms with Crippen molar-refractivity contribution in [2.24, 2.45) is 11.7 Å². The molecule has 116 valence electrons. The summed E-state index contributed by atoms with van der Waals surface area (Å²) in [7, 11) is 0. The largest absolute Gasteiger partial charge is 0.338 e. The molecule has 0 radical (unpaired) electrons. The van der Waals surface area contributed by atoms with E-state index in [1.54, 1.807) is 17.0 Å². The highest BCUT2D eigenvalue weighted by molar-refractivity contribution is 7.98. The molecule has 6 nitrogen and oxygen atoms in total. The van der Waals surface area contributed by atoms with Crippen LogP contribution in [-0.4, -0.2) is 41.6 Å². The lowest BCUT2D eigenvalue weighted by atomic mass is 10.1. The highest BCUT2D eigenvalue weighted by Gasteiger charge is 2.30. The van der Waals surface area contributed by atoms with Gasteiger partial charge in [0.2, 0.25) is 0 Å². The number of halogens is 1. The number of hydrogen-bond donors (Lipinski definition) is 1. The Balaban J connectivity index is 0.00000220. The predicted octanol–water partition coefficient (Wildman–Crippen LogP) is 2.16. The summed E-state index contributed by atoms with van der Waals surface area (Å²) in [5.74, 6) is 0.0188. The van der Waals surface area contributed by atoms with E-state index in [0.29, 0.717) is 25.6 Å². The third kappa shape index (κ3) is 3.87. The molecule has 1 amide bonds. The second-order valence-electron chi connectivity index (χ2n) is 4.78. The van der Waals surface area contributed by atoms with E-state index in [2.05, 4.69) is 0 Å². The third-order valence-electron chi connectivity index (χ3n) is 3.54. The zero-order valence-corrected chi connectivity index (χ0v) is 13.3. The molecule has 8 heteroatoms. The average Bonchev–Trinajstić information content (AvgIpc) is 2.94. The van der Waals surface area contributed by atoms with E-state index in [1.165, 1.54) is 17.8 Å². The van der Waals surface area contributed by atoms with Gasteiger partial charge in [-0.3, -0.25) is 14.9 Å². The van der Waals surface area contributed by atoms with Crippen molar-refractivity contribution in [2.75, 3.05) is 25.9 Å². The first-order valence-electron chi connectivity index (χ1n) is 6.38. The van der Waals surface area contributed by atoms with Gasteiger partial charge < -0.3 is 10.6 Å². The van der Waals surface area contributed by atoms with E-state index in [1.807, 2.05) is 6.26 Å². The summed E-state index contributed by atoms with van der Waals surface area (Å²) in [6, 6.07) is 4.66. The minimum Gasteiger partial charge on any atom is -0.338 e. The van der Waals surface area contributed by atoms with Gasteiger partial charge in [-0.2, -0.15) is 0 Å². The number of amides is 1. The molecule has 2 rings (SSSR count). The van der Waals surface area contributed by atoms with E-state index in [-0.39, 0.29) is 29.6 Å². The second-order valence-corrected chi connectivity index (χ2v) is 5.66. The van der Waals surface area contributed by atoms with Crippen molar-refractivity contribution >= 4 is 35.8 Å². The monoisotopic (exact) mass is 331 g/mol. The van der Waals surface area contributed by atoms with Gasteiger partial charge >= 0.3 is 0 Å². The molecule has 1 aliphatic rings. The number of benzene rings is 1. The smallest absolute Gasteiger partial charge is 0.282 e. The van der Waals surface area contributed by atoms with Crippen LogP contribution in [0.5, 0.6) is 0 Å². The fourth-order valence-corrected chi connectivity index (χ4v) is 2.79. The van der Waals surface area contributed by atoms with Gasteiger partial charge in [-0.15, -0.1) is 24.2 Å². The van der Waals surface area contributed by atoms with Crippen molar-refractivity contribution < 1.29 is 9.72 Å². The van der Waals surface area contributed by atoms with Crippen LogP contribution in [0.3, 0.4) is 0 Å². The fraction of sp³-hybridized carbons (Fsp3) is 0.462. The van der Waals surface area contributed by atoms with Gasteiger partial charge in [0, 0.05) is 24.1 Å². The maximum atomic E-state index is 12.5. The second kappa shape index (κ2) is 7.63. The maximum Gasteiger partial charge on any atom is 0.282 e. The lowest BCUT2D eigenvalue weighted by Gasteiger charge is -2.16. The number of rotatable bonds is 4. The number of nitro groups is 1. The average molecular weight is 332 g/mol. The van der Waals surface area contributed by atoms with Gasteiger partial charge in [-0.05, 0) is 37.3 Å². The topological polar surface area (TPSA) is 89.5 Å². The van der Waals surface area contributed by atoms with Crippen LogP contribution in [0.15, 0.2) is 23.1 Å². The number of hydrogen-bond acceptors (Lipinski definition) is 5. The van der Waals surface area contributed by atoms with Gasteiger partial charge in [-0.25, -0.2) is 0 Å². The van der Waals surface area contributed by atoms with Crippen molar-refractivity contribution in [3.63, 3.8) is 0 Å². The molecule has 0 saturated carbocycles. The normalized spacial score (nSPS) is 17.4. The van der Waals surface area contributed by atoms with Crippen LogP contribution in [0.1, 0.15) is 16.8 Å². The zero-order chi connectivity index (χ0) is 14.7. The first-order valence-corrected chi connectivity index (χ1v) is 7.61. The van der Waals surface area contributed by atoms with Crippen LogP contribution < -0.4 is 5.73 Å². The molecule has 1 atom stereocenters. The van der Waals surface area contributed by atoms with E-state index < -0.39 is 4.92 Å². The lowest BCUT2D eigenvalue weighted by molar-refractivity contribution is -0.385. The minimum absolute atomic E-state index is 0. The number of likely N-dealkylation sites (tertiary alicyclic amines) is 1. The first-order chi connectivity index (χ1) is 9.56. The quantitative estimate of drug-likeness (QED) is 0.518. The van der Waals surface area contributed by atoms with Crippen molar-refractivity contribution in [3.8, 4) is 0 Å². The Hall–Kier alpha value is -1.31. The lowest BCUT2D eigenvalue weighted by Crippen LogP contribution is -2.30. The summed E-state index contributed by atoms with van der Waals surface area (Å²) in [6.07, 6.45) is 2.73. The van der Waals surface area contributed by atoms with Crippen molar-refractivity contribution in [1.29, 1.82) is 0 Å². The van der Waals surface area contributed by atoms with Crippen molar-refractivity contribution in [3.05, 3.63) is 33.9 Å². The summed E-state index contributed by atoms with van der Waals surface area (Å²) >= 11 is 1.46. The summed E-state index contributed by atoms with van der Waals surface area (Å²) in [4.78, 5) is 25.5. The summed E-state index contributed by atoms with van der Waals surface area (Å²) < 4.78 is 0. The Morgan fingerprint density at radius 3 is 2.81 bits per heavy atom. The Morgan fingerprint density at radius 1 is 1.57 bits per heavy atom. The van der Waals surface area contributed by atoms with Gasteiger partial charge in [0.15, 0.2) is 0 Å². The molecule has 1 saturated heterocycles. The summed E-state index contributed by atoms with van der Waals surface area (Å²) in [5, 5.41) is 11.1. The molecular formula is C13H18ClN3O3S. The highest BCUT2D eigenvalue weighted by Crippen LogP contribution is 2.27. The van der Waals surface area contributed by atoms with Crippen LogP contribution >= 0.6 is 24.2 Å². The number of carbonyl (C=O) groups excluding carboxylic acids is 1. The SMILES string of the molecule is CSc1ccc([N+](=O)[O-])c(C(=O)N2CCC(CN)C2)c1.Cl. The van der Waals surface area contributed by atoms with Gasteiger partial charge in [0.1, 0.15) is 5.56 Å². The van der Waals surface area contributed by atoms with Gasteiger partial charge in [0.25, 0.3) is 11.6 Å². The fourth-order valence-electron chi connectivity index (χ4n) is 2.35. The minimum atomic E-state index is -0.506. The molecule has 1 aromatic carbocycles. The molecule has 1 aliphatic heterocycles.